The Morgan fingerprint density at radius 1 is 1.28 bits per heavy atom. The zero-order chi connectivity index (χ0) is 13.1. The summed E-state index contributed by atoms with van der Waals surface area (Å²) in [5, 5.41) is 3.01. The van der Waals surface area contributed by atoms with E-state index in [1.807, 2.05) is 0 Å². The fourth-order valence-corrected chi connectivity index (χ4v) is 1.72. The van der Waals surface area contributed by atoms with Crippen LogP contribution in [0.4, 0.5) is 11.5 Å². The molecule has 0 aliphatic rings. The van der Waals surface area contributed by atoms with Gasteiger partial charge in [0.2, 0.25) is 0 Å². The number of carbonyl (C=O) groups excluding carboxylic acids is 1. The third kappa shape index (κ3) is 2.60. The average Bonchev–Trinajstić information content (AvgIpc) is 2.32. The summed E-state index contributed by atoms with van der Waals surface area (Å²) in [7, 11) is 0. The number of benzene rings is 1. The van der Waals surface area contributed by atoms with Gasteiger partial charge in [-0.1, -0.05) is 23.7 Å². The van der Waals surface area contributed by atoms with E-state index >= 15 is 0 Å². The summed E-state index contributed by atoms with van der Waals surface area (Å²) >= 11 is 5.75. The van der Waals surface area contributed by atoms with Gasteiger partial charge in [-0.15, -0.1) is 0 Å². The molecule has 0 unspecified atom stereocenters. The Balaban J connectivity index is 2.25. The Bertz CT molecular complexity index is 599. The van der Waals surface area contributed by atoms with E-state index in [2.05, 4.69) is 10.3 Å². The molecule has 1 amide bonds. The molecule has 0 atom stereocenters. The van der Waals surface area contributed by atoms with Crippen molar-refractivity contribution in [2.75, 3.05) is 11.1 Å². The van der Waals surface area contributed by atoms with E-state index < -0.39 is 0 Å². The molecule has 0 radical (unpaired) electrons. The first kappa shape index (κ1) is 12.4. The highest BCUT2D eigenvalue weighted by Crippen LogP contribution is 2.17. The van der Waals surface area contributed by atoms with Crippen molar-refractivity contribution >= 4 is 29.0 Å². The van der Waals surface area contributed by atoms with Gasteiger partial charge in [0.25, 0.3) is 5.91 Å². The lowest BCUT2D eigenvalue weighted by Gasteiger charge is -2.08. The highest BCUT2D eigenvalue weighted by molar-refractivity contribution is 6.29. The topological polar surface area (TPSA) is 68.0 Å². The summed E-state index contributed by atoms with van der Waals surface area (Å²) in [6.07, 6.45) is 0. The van der Waals surface area contributed by atoms with Gasteiger partial charge in [-0.3, -0.25) is 4.79 Å². The number of pyridine rings is 1. The van der Waals surface area contributed by atoms with Crippen LogP contribution in [-0.4, -0.2) is 10.9 Å². The number of nitrogens with two attached hydrogens (primary N) is 1. The van der Waals surface area contributed by atoms with Crippen molar-refractivity contribution in [1.82, 2.24) is 4.98 Å². The molecule has 2 aromatic rings. The van der Waals surface area contributed by atoms with E-state index in [-0.39, 0.29) is 5.91 Å². The largest absolute Gasteiger partial charge is 0.398 e. The van der Waals surface area contributed by atoms with Crippen LogP contribution in [-0.2, 0) is 0 Å². The van der Waals surface area contributed by atoms with Gasteiger partial charge in [0.05, 0.1) is 0 Å². The number of rotatable bonds is 2. The summed E-state index contributed by atoms with van der Waals surface area (Å²) in [5.74, 6) is 0.156. The quantitative estimate of drug-likeness (QED) is 0.645. The molecule has 2 rings (SSSR count). The number of nitrogens with one attached hydrogen (secondary N) is 1. The molecule has 92 valence electrons. The highest BCUT2D eigenvalue weighted by Gasteiger charge is 2.11. The lowest BCUT2D eigenvalue weighted by atomic mass is 10.1. The minimum Gasteiger partial charge on any atom is -0.398 e. The zero-order valence-corrected chi connectivity index (χ0v) is 10.5. The predicted molar refractivity (Wildman–Crippen MR) is 72.8 cm³/mol. The van der Waals surface area contributed by atoms with Gasteiger partial charge in [0, 0.05) is 11.3 Å². The van der Waals surface area contributed by atoms with Crippen LogP contribution < -0.4 is 11.1 Å². The van der Waals surface area contributed by atoms with Crippen molar-refractivity contribution < 1.29 is 4.79 Å². The molecule has 0 saturated carbocycles. The van der Waals surface area contributed by atoms with Crippen molar-refractivity contribution in [3.63, 3.8) is 0 Å². The smallest absolute Gasteiger partial charge is 0.257 e. The molecule has 0 spiro atoms. The lowest BCUT2D eigenvalue weighted by Crippen LogP contribution is -2.15. The first-order chi connectivity index (χ1) is 8.58. The fraction of sp³-hybridized carbons (Fsp3) is 0.0769. The van der Waals surface area contributed by atoms with Crippen LogP contribution in [0.3, 0.4) is 0 Å². The summed E-state index contributed by atoms with van der Waals surface area (Å²) in [6.45, 7) is 1.80. The number of carbonyl (C=O) groups is 1. The molecule has 0 saturated heterocycles. The summed E-state index contributed by atoms with van der Waals surface area (Å²) in [4.78, 5) is 16.0. The number of anilines is 2. The van der Waals surface area contributed by atoms with E-state index in [1.165, 1.54) is 0 Å². The molecule has 0 fully saturated rings. The number of hydrogen-bond acceptors (Lipinski definition) is 3. The number of hydrogen-bond donors (Lipinski definition) is 2. The number of nitrogen functional groups attached to an aromatic ring is 1. The standard InChI is InChI=1S/C13H12ClN3O/c1-8-9(4-2-5-10(8)15)13(18)17-12-7-3-6-11(14)16-12/h2-7H,15H2,1H3,(H,16,17,18). The number of aromatic nitrogens is 1. The van der Waals surface area contributed by atoms with Gasteiger partial charge < -0.3 is 11.1 Å². The molecule has 3 N–H and O–H groups in total. The SMILES string of the molecule is Cc1c(N)cccc1C(=O)Nc1cccc(Cl)n1. The monoisotopic (exact) mass is 261 g/mol. The molecule has 0 aliphatic carbocycles. The number of halogens is 1. The normalized spacial score (nSPS) is 10.1. The second-order valence-corrected chi connectivity index (χ2v) is 4.21. The van der Waals surface area contributed by atoms with E-state index in [9.17, 15) is 4.79 Å². The van der Waals surface area contributed by atoms with E-state index in [1.54, 1.807) is 43.3 Å². The second kappa shape index (κ2) is 5.06. The summed E-state index contributed by atoms with van der Waals surface area (Å²) < 4.78 is 0. The lowest BCUT2D eigenvalue weighted by molar-refractivity contribution is 0.102. The van der Waals surface area contributed by atoms with Gasteiger partial charge in [-0.25, -0.2) is 4.98 Å². The Morgan fingerprint density at radius 3 is 2.72 bits per heavy atom. The number of amides is 1. The first-order valence-electron chi connectivity index (χ1n) is 5.37. The first-order valence-corrected chi connectivity index (χ1v) is 5.74. The highest BCUT2D eigenvalue weighted by atomic mass is 35.5. The fourth-order valence-electron chi connectivity index (χ4n) is 1.56. The minimum absolute atomic E-state index is 0.255. The summed E-state index contributed by atoms with van der Waals surface area (Å²) in [5.41, 5.74) is 7.62. The van der Waals surface area contributed by atoms with Crippen molar-refractivity contribution in [1.29, 1.82) is 0 Å². The van der Waals surface area contributed by atoms with E-state index in [0.29, 0.717) is 22.2 Å². The van der Waals surface area contributed by atoms with E-state index in [0.717, 1.165) is 5.56 Å². The van der Waals surface area contributed by atoms with Crippen LogP contribution in [0.15, 0.2) is 36.4 Å². The van der Waals surface area contributed by atoms with E-state index in [4.69, 9.17) is 17.3 Å². The Morgan fingerprint density at radius 2 is 2.00 bits per heavy atom. The molecule has 1 aromatic carbocycles. The molecule has 1 aromatic heterocycles. The van der Waals surface area contributed by atoms with Crippen molar-refractivity contribution in [3.8, 4) is 0 Å². The second-order valence-electron chi connectivity index (χ2n) is 3.82. The van der Waals surface area contributed by atoms with Gasteiger partial charge in [-0.2, -0.15) is 0 Å². The molecular weight excluding hydrogens is 250 g/mol. The van der Waals surface area contributed by atoms with Crippen molar-refractivity contribution in [3.05, 3.63) is 52.7 Å². The van der Waals surface area contributed by atoms with Crippen LogP contribution in [0.5, 0.6) is 0 Å². The van der Waals surface area contributed by atoms with Crippen LogP contribution >= 0.6 is 11.6 Å². The van der Waals surface area contributed by atoms with Gasteiger partial charge in [0.1, 0.15) is 11.0 Å². The van der Waals surface area contributed by atoms with Crippen LogP contribution in [0.1, 0.15) is 15.9 Å². The molecule has 18 heavy (non-hydrogen) atoms. The molecule has 0 bridgehead atoms. The number of nitrogens with zero attached hydrogens (tertiary/aromatic N) is 1. The zero-order valence-electron chi connectivity index (χ0n) is 9.77. The van der Waals surface area contributed by atoms with Crippen molar-refractivity contribution in [2.45, 2.75) is 6.92 Å². The molecule has 0 aliphatic heterocycles. The third-order valence-corrected chi connectivity index (χ3v) is 2.79. The Kier molecular flexibility index (Phi) is 3.48. The third-order valence-electron chi connectivity index (χ3n) is 2.58. The minimum atomic E-state index is -0.255. The summed E-state index contributed by atoms with van der Waals surface area (Å²) in [6, 6.07) is 10.2. The maximum atomic E-state index is 12.0. The van der Waals surface area contributed by atoms with Gasteiger partial charge >= 0.3 is 0 Å². The van der Waals surface area contributed by atoms with Gasteiger partial charge in [0.15, 0.2) is 0 Å². The Labute approximate surface area is 110 Å². The maximum Gasteiger partial charge on any atom is 0.257 e. The average molecular weight is 262 g/mol. The maximum absolute atomic E-state index is 12.0. The predicted octanol–water partition coefficient (Wildman–Crippen LogP) is 2.88. The van der Waals surface area contributed by atoms with Crippen LogP contribution in [0, 0.1) is 6.92 Å². The Hall–Kier alpha value is -2.07. The van der Waals surface area contributed by atoms with Crippen LogP contribution in [0.2, 0.25) is 5.15 Å². The molecule has 4 nitrogen and oxygen atoms in total. The molecule has 1 heterocycles. The van der Waals surface area contributed by atoms with Crippen molar-refractivity contribution in [2.24, 2.45) is 0 Å². The molecule has 5 heteroatoms. The van der Waals surface area contributed by atoms with Gasteiger partial charge in [-0.05, 0) is 36.8 Å². The molecular formula is C13H12ClN3O. The van der Waals surface area contributed by atoms with Crippen LogP contribution in [0.25, 0.3) is 0 Å².